The van der Waals surface area contributed by atoms with Crippen molar-refractivity contribution in [2.75, 3.05) is 5.32 Å². The van der Waals surface area contributed by atoms with Crippen molar-refractivity contribution in [1.29, 1.82) is 0 Å². The molecule has 0 aromatic heterocycles. The van der Waals surface area contributed by atoms with Crippen molar-refractivity contribution in [1.82, 2.24) is 0 Å². The molecule has 3 N–H and O–H groups in total. The van der Waals surface area contributed by atoms with E-state index in [1.807, 2.05) is 0 Å². The predicted molar refractivity (Wildman–Crippen MR) is 87.0 cm³/mol. The quantitative estimate of drug-likeness (QED) is 0.650. The van der Waals surface area contributed by atoms with Gasteiger partial charge in [-0.1, -0.05) is 49.5 Å². The molecule has 6 heteroatoms. The lowest BCUT2D eigenvalue weighted by Crippen LogP contribution is -2.45. The first-order valence-electron chi connectivity index (χ1n) is 7.02. The molecule has 0 atom stereocenters. The van der Waals surface area contributed by atoms with Crippen LogP contribution in [0.15, 0.2) is 18.2 Å². The Morgan fingerprint density at radius 1 is 1.29 bits per heavy atom. The van der Waals surface area contributed by atoms with Crippen LogP contribution >= 0.6 is 23.8 Å². The molecule has 2 rings (SSSR count). The third kappa shape index (κ3) is 3.52. The Labute approximate surface area is 134 Å². The van der Waals surface area contributed by atoms with Gasteiger partial charge in [0, 0.05) is 5.69 Å². The number of nitrogens with one attached hydrogen (secondary N) is 1. The maximum absolute atomic E-state index is 13.2. The number of amides is 1. The monoisotopic (exact) mass is 328 g/mol. The summed E-state index contributed by atoms with van der Waals surface area (Å²) < 4.78 is 13.2. The van der Waals surface area contributed by atoms with Crippen molar-refractivity contribution in [2.45, 2.75) is 38.5 Å². The minimum Gasteiger partial charge on any atom is -0.392 e. The molecule has 1 fully saturated rings. The van der Waals surface area contributed by atoms with Crippen LogP contribution in [0, 0.1) is 11.2 Å². The first kappa shape index (κ1) is 16.2. The summed E-state index contributed by atoms with van der Waals surface area (Å²) in [6.45, 7) is 0. The molecule has 1 aliphatic rings. The highest BCUT2D eigenvalue weighted by Crippen LogP contribution is 2.37. The smallest absolute Gasteiger partial charge is 0.237 e. The summed E-state index contributed by atoms with van der Waals surface area (Å²) in [4.78, 5) is 12.9. The van der Waals surface area contributed by atoms with Crippen LogP contribution in [0.3, 0.4) is 0 Å². The summed E-state index contributed by atoms with van der Waals surface area (Å²) in [5, 5.41) is 2.74. The SMILES string of the molecule is NC(=S)C1(C(=O)Nc2ccc(F)c(Cl)c2)CCCCCC1. The third-order valence-electron chi connectivity index (χ3n) is 4.04. The number of hydrogen-bond acceptors (Lipinski definition) is 2. The zero-order valence-electron chi connectivity index (χ0n) is 11.6. The van der Waals surface area contributed by atoms with E-state index in [1.165, 1.54) is 18.2 Å². The number of carbonyl (C=O) groups excluding carboxylic acids is 1. The maximum Gasteiger partial charge on any atom is 0.237 e. The minimum atomic E-state index is -0.813. The number of hydrogen-bond donors (Lipinski definition) is 2. The lowest BCUT2D eigenvalue weighted by molar-refractivity contribution is -0.122. The molecular weight excluding hydrogens is 311 g/mol. The number of nitrogens with two attached hydrogens (primary N) is 1. The largest absolute Gasteiger partial charge is 0.392 e. The second kappa shape index (κ2) is 6.71. The molecule has 0 saturated heterocycles. The van der Waals surface area contributed by atoms with Crippen molar-refractivity contribution in [3.8, 4) is 0 Å². The Morgan fingerprint density at radius 3 is 2.43 bits per heavy atom. The van der Waals surface area contributed by atoms with Crippen LogP contribution in [0.25, 0.3) is 0 Å². The highest BCUT2D eigenvalue weighted by atomic mass is 35.5. The van der Waals surface area contributed by atoms with Crippen molar-refractivity contribution in [3.05, 3.63) is 29.0 Å². The molecular formula is C15H18ClFN2OS. The fraction of sp³-hybridized carbons (Fsp3) is 0.467. The number of anilines is 1. The Morgan fingerprint density at radius 2 is 1.90 bits per heavy atom. The van der Waals surface area contributed by atoms with Crippen molar-refractivity contribution < 1.29 is 9.18 Å². The normalized spacial score (nSPS) is 17.8. The molecule has 1 saturated carbocycles. The Hall–Kier alpha value is -1.20. The number of thiocarbonyl (C=S) groups is 1. The second-order valence-corrected chi connectivity index (χ2v) is 6.29. The molecule has 1 amide bonds. The van der Waals surface area contributed by atoms with Gasteiger partial charge in [0.25, 0.3) is 0 Å². The summed E-state index contributed by atoms with van der Waals surface area (Å²) >= 11 is 10.9. The first-order chi connectivity index (χ1) is 9.95. The minimum absolute atomic E-state index is 0.0296. The molecule has 0 bridgehead atoms. The summed E-state index contributed by atoms with van der Waals surface area (Å²) in [6.07, 6.45) is 5.33. The van der Waals surface area contributed by atoms with Crippen LogP contribution in [0.4, 0.5) is 10.1 Å². The number of rotatable bonds is 3. The standard InChI is InChI=1S/C15H18ClFN2OS/c16-11-9-10(5-6-12(11)17)19-14(20)15(13(18)21)7-3-1-2-4-8-15/h5-6,9H,1-4,7-8H2,(H2,18,21)(H,19,20). The molecule has 0 radical (unpaired) electrons. The van der Waals surface area contributed by atoms with E-state index in [-0.39, 0.29) is 15.9 Å². The van der Waals surface area contributed by atoms with E-state index in [1.54, 1.807) is 0 Å². The van der Waals surface area contributed by atoms with Gasteiger partial charge in [0.15, 0.2) is 0 Å². The van der Waals surface area contributed by atoms with Crippen molar-refractivity contribution >= 4 is 40.4 Å². The van der Waals surface area contributed by atoms with E-state index in [4.69, 9.17) is 29.6 Å². The van der Waals surface area contributed by atoms with Gasteiger partial charge in [0.2, 0.25) is 5.91 Å². The molecule has 0 heterocycles. The first-order valence-corrected chi connectivity index (χ1v) is 7.81. The molecule has 1 aliphatic carbocycles. The molecule has 3 nitrogen and oxygen atoms in total. The van der Waals surface area contributed by atoms with Gasteiger partial charge in [0.05, 0.1) is 15.4 Å². The van der Waals surface area contributed by atoms with Gasteiger partial charge in [-0.3, -0.25) is 4.79 Å². The van der Waals surface area contributed by atoms with E-state index in [0.717, 1.165) is 25.7 Å². The van der Waals surface area contributed by atoms with Crippen LogP contribution in [0.2, 0.25) is 5.02 Å². The Kier molecular flexibility index (Phi) is 5.17. The second-order valence-electron chi connectivity index (χ2n) is 5.44. The molecule has 0 spiro atoms. The van der Waals surface area contributed by atoms with Crippen molar-refractivity contribution in [2.24, 2.45) is 11.1 Å². The number of carbonyl (C=O) groups is 1. The van der Waals surface area contributed by atoms with Gasteiger partial charge in [-0.25, -0.2) is 4.39 Å². The van der Waals surface area contributed by atoms with E-state index >= 15 is 0 Å². The lowest BCUT2D eigenvalue weighted by Gasteiger charge is -2.30. The molecule has 0 aliphatic heterocycles. The molecule has 0 unspecified atom stereocenters. The molecule has 21 heavy (non-hydrogen) atoms. The number of benzene rings is 1. The van der Waals surface area contributed by atoms with Gasteiger partial charge < -0.3 is 11.1 Å². The summed E-state index contributed by atoms with van der Waals surface area (Å²) in [6, 6.07) is 4.08. The maximum atomic E-state index is 13.2. The fourth-order valence-electron chi connectivity index (χ4n) is 2.74. The van der Waals surface area contributed by atoms with Gasteiger partial charge in [0.1, 0.15) is 5.82 Å². The third-order valence-corrected chi connectivity index (χ3v) is 4.72. The Bertz CT molecular complexity index is 557. The lowest BCUT2D eigenvalue weighted by atomic mass is 9.79. The van der Waals surface area contributed by atoms with E-state index < -0.39 is 11.2 Å². The topological polar surface area (TPSA) is 55.1 Å². The van der Waals surface area contributed by atoms with Gasteiger partial charge in [-0.15, -0.1) is 0 Å². The summed E-state index contributed by atoms with van der Waals surface area (Å²) in [7, 11) is 0. The molecule has 1 aromatic rings. The summed E-state index contributed by atoms with van der Waals surface area (Å²) in [5.74, 6) is -0.743. The van der Waals surface area contributed by atoms with Crippen LogP contribution in [-0.4, -0.2) is 10.9 Å². The zero-order valence-corrected chi connectivity index (χ0v) is 13.2. The average molecular weight is 329 g/mol. The summed E-state index contributed by atoms with van der Waals surface area (Å²) in [5.41, 5.74) is 5.50. The van der Waals surface area contributed by atoms with Crippen LogP contribution in [0.5, 0.6) is 0 Å². The van der Waals surface area contributed by atoms with E-state index in [9.17, 15) is 9.18 Å². The van der Waals surface area contributed by atoms with Gasteiger partial charge >= 0.3 is 0 Å². The predicted octanol–water partition coefficient (Wildman–Crippen LogP) is 4.04. The average Bonchev–Trinajstić information content (AvgIpc) is 2.69. The van der Waals surface area contributed by atoms with Crippen LogP contribution in [0.1, 0.15) is 38.5 Å². The highest BCUT2D eigenvalue weighted by molar-refractivity contribution is 7.80. The zero-order chi connectivity index (χ0) is 15.5. The van der Waals surface area contributed by atoms with Crippen LogP contribution < -0.4 is 11.1 Å². The van der Waals surface area contributed by atoms with Gasteiger partial charge in [-0.2, -0.15) is 0 Å². The fourth-order valence-corrected chi connectivity index (χ4v) is 3.22. The van der Waals surface area contributed by atoms with E-state index in [0.29, 0.717) is 18.5 Å². The molecule has 1 aromatic carbocycles. The van der Waals surface area contributed by atoms with Crippen molar-refractivity contribution in [3.63, 3.8) is 0 Å². The molecule has 114 valence electrons. The number of halogens is 2. The van der Waals surface area contributed by atoms with Gasteiger partial charge in [-0.05, 0) is 31.0 Å². The van der Waals surface area contributed by atoms with Crippen LogP contribution in [-0.2, 0) is 4.79 Å². The Balaban J connectivity index is 2.22. The van der Waals surface area contributed by atoms with E-state index in [2.05, 4.69) is 5.32 Å². The highest BCUT2D eigenvalue weighted by Gasteiger charge is 2.41.